The highest BCUT2D eigenvalue weighted by atomic mass is 32.1. The number of unbranched alkanes of at least 4 members (excludes halogenated alkanes) is 14. The number of hydrogen-bond acceptors (Lipinski definition) is 12. The molecule has 8 nitrogen and oxygen atoms in total. The molecular weight excluding hydrogens is 1730 g/mol. The SMILES string of the molecule is [C-]#[N+]/C(C#N)=C1\C(=C\c2cc3c(s2)-c2sc4c(-c5ccc(OCC(CC)CCCC)s5)c5c6c(sc5c(-c5ccc(OCC(CC)CCCC)s5)c4c2C3(c2ccc(CCCCCC)cc2)c2ccc(CCCCCC)cc2)-c2sc(/C=C3\C(=O)c4ccccc4\C3=C(\C#N)[N+]#[C-])cc2C6(c2ccc(CCCCCC)cc2)c2ccc(CCCCCC)cc2)C(=O)c2ccccc21. The molecule has 6 aromatic heterocycles. The summed E-state index contributed by atoms with van der Waals surface area (Å²) in [6.45, 7) is 36.4. The predicted molar refractivity (Wildman–Crippen MR) is 559 cm³/mol. The van der Waals surface area contributed by atoms with Crippen LogP contribution in [0.2, 0.25) is 0 Å². The van der Waals surface area contributed by atoms with Crippen LogP contribution in [0.3, 0.4) is 0 Å². The van der Waals surface area contributed by atoms with Crippen LogP contribution in [-0.2, 0) is 36.5 Å². The Bertz CT molecular complexity index is 6200. The summed E-state index contributed by atoms with van der Waals surface area (Å²) in [5.74, 6) is 0.365. The zero-order valence-electron chi connectivity index (χ0n) is 77.7. The number of rotatable bonds is 42. The summed E-state index contributed by atoms with van der Waals surface area (Å²) in [6, 6.07) is 72.0. The first-order valence-electron chi connectivity index (χ1n) is 48.8. The number of ether oxygens (including phenoxy) is 2. The van der Waals surface area contributed by atoms with Crippen LogP contribution in [0.4, 0.5) is 0 Å². The van der Waals surface area contributed by atoms with Crippen molar-refractivity contribution in [1.82, 2.24) is 0 Å². The number of ketones is 2. The molecule has 0 amide bonds. The van der Waals surface area contributed by atoms with Crippen LogP contribution in [0.1, 0.15) is 318 Å². The maximum Gasteiger partial charge on any atom is 0.270 e. The number of hydrogen-bond donors (Lipinski definition) is 0. The molecule has 14 heteroatoms. The van der Waals surface area contributed by atoms with Gasteiger partial charge in [-0.2, -0.15) is 0 Å². The maximum atomic E-state index is 15.3. The molecule has 0 saturated heterocycles. The van der Waals surface area contributed by atoms with Crippen molar-refractivity contribution in [2.24, 2.45) is 11.8 Å². The third kappa shape index (κ3) is 17.6. The first-order chi connectivity index (χ1) is 64.8. The standard InChI is InChI=1S/C118H118N4O4S6/c1-11-19-25-29-39-77-47-55-81(56-48-77)117(82-57-49-78(50-58-82)40-30-26-20-12-2)93-69-85(67-91-101(95(71-119)121-9)87-43-33-35-45-89(87)109(91)123)127-111(93)115-107(117)105-103(97-63-65-99(129-97)125-73-75(17-7)37-23-15-5)114-106(104(113(105)131-115)98-64-66-100(130-98)126-74-76(18-8)38-24-16-6)108-116(132-114)112-94(70-86(128-112)68-92-102(96(72-120)122-10)88-44-34-36-46-90(88)110(92)124)118(108,83-59-51-79(52-60-83)41-31-27-21-13-3)84-61-53-80(54-62-84)42-32-28-22-14-4/h33-36,43-70,75-76H,11-32,37-42,73-74H2,1-8H3/b91-67-,92-68-,101-95-,102-96+. The number of thiophene rings is 6. The normalized spacial score (nSPS) is 15.5. The molecule has 0 aliphatic heterocycles. The Morgan fingerprint density at radius 1 is 0.386 bits per heavy atom. The Labute approximate surface area is 805 Å². The molecule has 0 saturated carbocycles. The molecular formula is C118H118N4O4S6. The summed E-state index contributed by atoms with van der Waals surface area (Å²) in [7, 11) is 0. The fourth-order valence-electron chi connectivity index (χ4n) is 21.0. The number of carbonyl (C=O) groups excluding carboxylic acids is 2. The predicted octanol–water partition coefficient (Wildman–Crippen LogP) is 35.0. The molecule has 2 unspecified atom stereocenters. The van der Waals surface area contributed by atoms with Gasteiger partial charge in [-0.3, -0.25) is 9.59 Å². The lowest BCUT2D eigenvalue weighted by molar-refractivity contribution is 0.103. The van der Waals surface area contributed by atoms with Gasteiger partial charge in [-0.05, 0) is 202 Å². The van der Waals surface area contributed by atoms with Crippen molar-refractivity contribution >= 4 is 123 Å². The molecule has 670 valence electrons. The third-order valence-corrected chi connectivity index (χ3v) is 35.1. The number of allylic oxidation sites excluding steroid dienone is 6. The van der Waals surface area contributed by atoms with Crippen molar-refractivity contribution in [3.8, 4) is 62.7 Å². The average molecular weight is 1850 g/mol. The average Bonchev–Trinajstić information content (AvgIpc) is 1.48. The highest BCUT2D eigenvalue weighted by Crippen LogP contribution is 2.71. The fraction of sp³-hybridized carbons (Fsp3) is 0.356. The number of aryl methyl sites for hydroxylation is 4. The second kappa shape index (κ2) is 42.1. The van der Waals surface area contributed by atoms with E-state index >= 15 is 9.59 Å². The highest BCUT2D eigenvalue weighted by Gasteiger charge is 2.55. The van der Waals surface area contributed by atoms with Crippen LogP contribution in [0.25, 0.3) is 93.6 Å². The van der Waals surface area contributed by atoms with Crippen LogP contribution >= 0.6 is 68.0 Å². The molecule has 13 aromatic rings. The summed E-state index contributed by atoms with van der Waals surface area (Å²) in [6.07, 6.45) is 34.9. The van der Waals surface area contributed by atoms with Gasteiger partial charge in [0.15, 0.2) is 21.7 Å². The van der Waals surface area contributed by atoms with Gasteiger partial charge < -0.3 is 9.47 Å². The van der Waals surface area contributed by atoms with Crippen molar-refractivity contribution < 1.29 is 19.1 Å². The van der Waals surface area contributed by atoms with E-state index in [-0.39, 0.29) is 23.0 Å². The first kappa shape index (κ1) is 92.9. The Kier molecular flexibility index (Phi) is 29.7. The van der Waals surface area contributed by atoms with E-state index in [1.165, 1.54) is 69.8 Å². The second-order valence-corrected chi connectivity index (χ2v) is 42.8. The van der Waals surface area contributed by atoms with E-state index in [4.69, 9.17) is 22.6 Å². The van der Waals surface area contributed by atoms with E-state index in [1.54, 1.807) is 45.3 Å². The minimum absolute atomic E-state index is 0.110. The van der Waals surface area contributed by atoms with Crippen LogP contribution < -0.4 is 9.47 Å². The van der Waals surface area contributed by atoms with E-state index in [1.807, 2.05) is 83.4 Å². The van der Waals surface area contributed by atoms with Gasteiger partial charge in [0.05, 0.1) is 68.8 Å². The minimum Gasteiger partial charge on any atom is -0.484 e. The quantitative estimate of drug-likeness (QED) is 0.0163. The summed E-state index contributed by atoms with van der Waals surface area (Å²) in [5, 5.41) is 25.8. The van der Waals surface area contributed by atoms with Crippen LogP contribution in [-0.4, -0.2) is 24.8 Å². The molecule has 0 bridgehead atoms. The fourth-order valence-corrected chi connectivity index (χ4v) is 28.5. The number of carbonyl (C=O) groups is 2. The molecule has 17 rings (SSSR count). The lowest BCUT2D eigenvalue weighted by Gasteiger charge is -2.35. The highest BCUT2D eigenvalue weighted by molar-refractivity contribution is 7.30. The molecule has 4 aliphatic rings. The van der Waals surface area contributed by atoms with E-state index in [0.717, 1.165) is 257 Å². The van der Waals surface area contributed by atoms with Crippen molar-refractivity contribution in [3.63, 3.8) is 0 Å². The number of fused-ring (bicyclic) bond motifs is 12. The number of benzene rings is 7. The molecule has 132 heavy (non-hydrogen) atoms. The second-order valence-electron chi connectivity index (χ2n) is 36.5. The molecule has 0 fully saturated rings. The van der Waals surface area contributed by atoms with Gasteiger partial charge in [0.25, 0.3) is 11.4 Å². The van der Waals surface area contributed by atoms with E-state index < -0.39 is 10.8 Å². The molecule has 7 aromatic carbocycles. The van der Waals surface area contributed by atoms with Crippen LogP contribution in [0.15, 0.2) is 205 Å². The topological polar surface area (TPSA) is 109 Å². The summed E-state index contributed by atoms with van der Waals surface area (Å²) >= 11 is 10.7. The lowest BCUT2D eigenvalue weighted by Crippen LogP contribution is -2.29. The Hall–Kier alpha value is -10.9. The van der Waals surface area contributed by atoms with Crippen molar-refractivity contribution in [1.29, 1.82) is 10.5 Å². The van der Waals surface area contributed by atoms with Crippen LogP contribution in [0.5, 0.6) is 10.1 Å². The van der Waals surface area contributed by atoms with Gasteiger partial charge in [0.2, 0.25) is 0 Å². The summed E-state index contributed by atoms with van der Waals surface area (Å²) in [5.41, 5.74) is 18.1. The van der Waals surface area contributed by atoms with E-state index in [0.29, 0.717) is 69.6 Å². The van der Waals surface area contributed by atoms with Crippen molar-refractivity contribution in [2.45, 2.75) is 246 Å². The van der Waals surface area contributed by atoms with Crippen molar-refractivity contribution in [2.75, 3.05) is 13.2 Å². The summed E-state index contributed by atoms with van der Waals surface area (Å²) < 4.78 is 16.8. The maximum absolute atomic E-state index is 15.3. The Morgan fingerprint density at radius 3 is 1.02 bits per heavy atom. The van der Waals surface area contributed by atoms with Gasteiger partial charge in [-0.1, -0.05) is 339 Å². The zero-order chi connectivity index (χ0) is 91.6. The van der Waals surface area contributed by atoms with Gasteiger partial charge in [0.1, 0.15) is 0 Å². The zero-order valence-corrected chi connectivity index (χ0v) is 82.6. The number of Topliss-reactive ketones (excluding diaryl/α,β-unsaturated/α-hetero) is 2. The molecule has 6 heterocycles. The Morgan fingerprint density at radius 2 is 0.712 bits per heavy atom. The van der Waals surface area contributed by atoms with E-state index in [9.17, 15) is 10.5 Å². The molecule has 0 N–H and O–H groups in total. The van der Waals surface area contributed by atoms with Crippen LogP contribution in [0, 0.1) is 47.6 Å². The molecule has 4 aliphatic carbocycles. The largest absolute Gasteiger partial charge is 0.484 e. The molecule has 0 radical (unpaired) electrons. The van der Waals surface area contributed by atoms with Crippen molar-refractivity contribution in [3.05, 3.63) is 326 Å². The third-order valence-electron chi connectivity index (χ3n) is 28.1. The van der Waals surface area contributed by atoms with Gasteiger partial charge in [-0.25, -0.2) is 20.2 Å². The van der Waals surface area contributed by atoms with E-state index in [2.05, 4.69) is 211 Å². The first-order valence-corrected chi connectivity index (χ1v) is 53.7. The monoisotopic (exact) mass is 1850 g/mol. The lowest BCUT2D eigenvalue weighted by atomic mass is 9.66. The smallest absolute Gasteiger partial charge is 0.270 e. The molecule has 0 spiro atoms. The number of nitriles is 2. The van der Waals surface area contributed by atoms with Gasteiger partial charge in [0, 0.05) is 84.2 Å². The molecule has 2 atom stereocenters. The Balaban J connectivity index is 1.05. The summed E-state index contributed by atoms with van der Waals surface area (Å²) in [4.78, 5) is 46.8. The van der Waals surface area contributed by atoms with Gasteiger partial charge >= 0.3 is 0 Å². The number of nitrogens with zero attached hydrogens (tertiary/aromatic N) is 4. The minimum atomic E-state index is -1.01. The van der Waals surface area contributed by atoms with Gasteiger partial charge in [-0.15, -0.1) is 45.3 Å².